The number of carbonyl (C=O) groups excluding carboxylic acids is 1. The number of aliphatic hydroxyl groups is 1. The first-order valence-electron chi connectivity index (χ1n) is 10.6. The van der Waals surface area contributed by atoms with Crippen molar-refractivity contribution in [1.82, 2.24) is 10.2 Å². The number of hydrogen-bond acceptors (Lipinski definition) is 3. The standard InChI is InChI=1S/C22H27F3N2O2/c23-22(24,25)17-3-1-14(2-4-17)15-5-7-20(9-15)12-27(13-20)19(29)16-10-21(11-16)8-6-18(28)26-21/h1-4,15-16,18,26,28H,5-13H2/t15-,16?,18?,21?/m0/s1. The molecule has 4 nitrogen and oxygen atoms in total. The third-order valence-corrected chi connectivity index (χ3v) is 7.77. The lowest BCUT2D eigenvalue weighted by molar-refractivity contribution is -0.153. The number of rotatable bonds is 2. The summed E-state index contributed by atoms with van der Waals surface area (Å²) in [6.07, 6.45) is 1.57. The van der Waals surface area contributed by atoms with E-state index >= 15 is 0 Å². The van der Waals surface area contributed by atoms with Crippen molar-refractivity contribution in [3.63, 3.8) is 0 Å². The average Bonchev–Trinajstić information content (AvgIpc) is 3.22. The van der Waals surface area contributed by atoms with Gasteiger partial charge >= 0.3 is 6.18 Å². The third kappa shape index (κ3) is 3.36. The van der Waals surface area contributed by atoms with Gasteiger partial charge in [0.25, 0.3) is 0 Å². The Balaban J connectivity index is 1.14. The second-order valence-electron chi connectivity index (χ2n) is 9.84. The van der Waals surface area contributed by atoms with Gasteiger partial charge in [0.2, 0.25) is 5.91 Å². The zero-order valence-electron chi connectivity index (χ0n) is 16.3. The highest BCUT2D eigenvalue weighted by molar-refractivity contribution is 5.81. The molecule has 2 spiro atoms. The van der Waals surface area contributed by atoms with E-state index in [9.17, 15) is 23.1 Å². The zero-order chi connectivity index (χ0) is 20.4. The molecule has 1 amide bonds. The third-order valence-electron chi connectivity index (χ3n) is 7.77. The summed E-state index contributed by atoms with van der Waals surface area (Å²) < 4.78 is 38.3. The Morgan fingerprint density at radius 3 is 2.34 bits per heavy atom. The smallest absolute Gasteiger partial charge is 0.379 e. The Bertz CT molecular complexity index is 795. The molecule has 4 aliphatic rings. The first kappa shape index (κ1) is 19.4. The largest absolute Gasteiger partial charge is 0.416 e. The summed E-state index contributed by atoms with van der Waals surface area (Å²) >= 11 is 0. The number of nitrogens with one attached hydrogen (secondary N) is 1. The highest BCUT2D eigenvalue weighted by Gasteiger charge is 2.55. The molecule has 4 fully saturated rings. The van der Waals surface area contributed by atoms with Crippen LogP contribution in [-0.4, -0.2) is 40.8 Å². The fourth-order valence-corrected chi connectivity index (χ4v) is 6.19. The van der Waals surface area contributed by atoms with Crippen molar-refractivity contribution in [3.8, 4) is 0 Å². The summed E-state index contributed by atoms with van der Waals surface area (Å²) in [5.74, 6) is 0.588. The summed E-state index contributed by atoms with van der Waals surface area (Å²) in [6.45, 7) is 1.56. The molecular formula is C22H27F3N2O2. The van der Waals surface area contributed by atoms with Gasteiger partial charge in [0.1, 0.15) is 6.23 Å². The Kier molecular flexibility index (Phi) is 4.31. The van der Waals surface area contributed by atoms with E-state index in [1.807, 2.05) is 4.90 Å². The Labute approximate surface area is 168 Å². The number of nitrogens with zero attached hydrogens (tertiary/aromatic N) is 1. The summed E-state index contributed by atoms with van der Waals surface area (Å²) in [7, 11) is 0. The van der Waals surface area contributed by atoms with E-state index < -0.39 is 18.0 Å². The van der Waals surface area contributed by atoms with Crippen LogP contribution in [0.25, 0.3) is 0 Å². The zero-order valence-corrected chi connectivity index (χ0v) is 16.3. The second-order valence-corrected chi connectivity index (χ2v) is 9.84. The first-order chi connectivity index (χ1) is 13.7. The van der Waals surface area contributed by atoms with Crippen molar-refractivity contribution < 1.29 is 23.1 Å². The number of aliphatic hydroxyl groups excluding tert-OH is 1. The van der Waals surface area contributed by atoms with Gasteiger partial charge in [-0.2, -0.15) is 13.2 Å². The average molecular weight is 408 g/mol. The number of alkyl halides is 3. The van der Waals surface area contributed by atoms with Crippen molar-refractivity contribution in [1.29, 1.82) is 0 Å². The van der Waals surface area contributed by atoms with Gasteiger partial charge in [0.15, 0.2) is 0 Å². The molecule has 29 heavy (non-hydrogen) atoms. The van der Waals surface area contributed by atoms with Crippen molar-refractivity contribution in [2.24, 2.45) is 11.3 Å². The van der Waals surface area contributed by atoms with Crippen LogP contribution in [-0.2, 0) is 11.0 Å². The maximum atomic E-state index is 12.8. The molecule has 2 atom stereocenters. The first-order valence-corrected chi connectivity index (χ1v) is 10.6. The molecule has 7 heteroatoms. The van der Waals surface area contributed by atoms with E-state index in [4.69, 9.17) is 0 Å². The van der Waals surface area contributed by atoms with Gasteiger partial charge in [0, 0.05) is 30.0 Å². The number of likely N-dealkylation sites (tertiary alicyclic amines) is 1. The van der Waals surface area contributed by atoms with Gasteiger partial charge in [0.05, 0.1) is 5.56 Å². The predicted octanol–water partition coefficient (Wildman–Crippen LogP) is 3.65. The Hall–Kier alpha value is -1.60. The highest BCUT2D eigenvalue weighted by atomic mass is 19.4. The molecular weight excluding hydrogens is 381 g/mol. The molecule has 5 rings (SSSR count). The number of amides is 1. The molecule has 0 aromatic heterocycles. The lowest BCUT2D eigenvalue weighted by Crippen LogP contribution is -2.63. The lowest BCUT2D eigenvalue weighted by atomic mass is 9.66. The SMILES string of the molecule is O=C(C1CC2(CCC(O)N2)C1)N1CC2(CC[C@H](c3ccc(C(F)(F)F)cc3)C2)C1. The molecule has 0 radical (unpaired) electrons. The fraction of sp³-hybridized carbons (Fsp3) is 0.682. The Morgan fingerprint density at radius 2 is 1.76 bits per heavy atom. The lowest BCUT2D eigenvalue weighted by Gasteiger charge is -2.53. The summed E-state index contributed by atoms with van der Waals surface area (Å²) in [6, 6.07) is 5.59. The van der Waals surface area contributed by atoms with Crippen LogP contribution in [0.5, 0.6) is 0 Å². The maximum Gasteiger partial charge on any atom is 0.416 e. The molecule has 2 saturated carbocycles. The minimum absolute atomic E-state index is 0.0245. The summed E-state index contributed by atoms with van der Waals surface area (Å²) in [5, 5.41) is 12.9. The molecule has 158 valence electrons. The minimum Gasteiger partial charge on any atom is -0.379 e. The van der Waals surface area contributed by atoms with E-state index in [2.05, 4.69) is 5.32 Å². The van der Waals surface area contributed by atoms with E-state index in [1.54, 1.807) is 12.1 Å². The number of halogens is 3. The van der Waals surface area contributed by atoms with E-state index in [1.165, 1.54) is 12.1 Å². The number of benzene rings is 1. The molecule has 2 heterocycles. The van der Waals surface area contributed by atoms with Crippen LogP contribution in [0.3, 0.4) is 0 Å². The summed E-state index contributed by atoms with van der Waals surface area (Å²) in [5.41, 5.74) is 0.499. The van der Waals surface area contributed by atoms with Gasteiger partial charge in [-0.1, -0.05) is 12.1 Å². The number of hydrogen-bond donors (Lipinski definition) is 2. The van der Waals surface area contributed by atoms with Crippen molar-refractivity contribution in [2.45, 2.75) is 68.8 Å². The van der Waals surface area contributed by atoms with Gasteiger partial charge in [-0.25, -0.2) is 0 Å². The summed E-state index contributed by atoms with van der Waals surface area (Å²) in [4.78, 5) is 14.8. The number of carbonyl (C=O) groups is 1. The van der Waals surface area contributed by atoms with Crippen LogP contribution in [0, 0.1) is 11.3 Å². The van der Waals surface area contributed by atoms with Gasteiger partial charge < -0.3 is 10.0 Å². The Morgan fingerprint density at radius 1 is 1.07 bits per heavy atom. The predicted molar refractivity (Wildman–Crippen MR) is 101 cm³/mol. The van der Waals surface area contributed by atoms with Crippen LogP contribution in [0.15, 0.2) is 24.3 Å². The van der Waals surface area contributed by atoms with Crippen LogP contribution < -0.4 is 5.32 Å². The van der Waals surface area contributed by atoms with Gasteiger partial charge in [-0.3, -0.25) is 10.1 Å². The maximum absolute atomic E-state index is 12.8. The highest BCUT2D eigenvalue weighted by Crippen LogP contribution is 2.53. The molecule has 2 aliphatic heterocycles. The quantitative estimate of drug-likeness (QED) is 0.786. The van der Waals surface area contributed by atoms with Crippen LogP contribution in [0.4, 0.5) is 13.2 Å². The van der Waals surface area contributed by atoms with Crippen LogP contribution in [0.2, 0.25) is 0 Å². The molecule has 2 aliphatic carbocycles. The van der Waals surface area contributed by atoms with Gasteiger partial charge in [-0.05, 0) is 68.6 Å². The topological polar surface area (TPSA) is 52.6 Å². The fourth-order valence-electron chi connectivity index (χ4n) is 6.19. The van der Waals surface area contributed by atoms with Crippen molar-refractivity contribution in [2.75, 3.05) is 13.1 Å². The van der Waals surface area contributed by atoms with Gasteiger partial charge in [-0.15, -0.1) is 0 Å². The molecule has 2 N–H and O–H groups in total. The molecule has 1 unspecified atom stereocenters. The van der Waals surface area contributed by atoms with Crippen LogP contribution in [0.1, 0.15) is 62.0 Å². The molecule has 1 aromatic rings. The van der Waals surface area contributed by atoms with E-state index in [-0.39, 0.29) is 28.7 Å². The van der Waals surface area contributed by atoms with E-state index in [0.29, 0.717) is 0 Å². The normalized spacial score (nSPS) is 35.7. The molecule has 0 bridgehead atoms. The van der Waals surface area contributed by atoms with Crippen molar-refractivity contribution in [3.05, 3.63) is 35.4 Å². The van der Waals surface area contributed by atoms with Crippen LogP contribution >= 0.6 is 0 Å². The minimum atomic E-state index is -4.30. The second kappa shape index (κ2) is 6.45. The molecule has 1 aromatic carbocycles. The van der Waals surface area contributed by atoms with Crippen molar-refractivity contribution >= 4 is 5.91 Å². The van der Waals surface area contributed by atoms with E-state index in [0.717, 1.165) is 63.6 Å². The monoisotopic (exact) mass is 408 g/mol. The molecule has 2 saturated heterocycles.